The fraction of sp³-hybridized carbons (Fsp3) is 0.923. The Morgan fingerprint density at radius 2 is 1.61 bits per heavy atom. The van der Waals surface area contributed by atoms with E-state index < -0.39 is 0 Å². The molecule has 1 unspecified atom stereocenters. The van der Waals surface area contributed by atoms with Crippen molar-refractivity contribution in [3.05, 3.63) is 0 Å². The van der Waals surface area contributed by atoms with E-state index in [1.807, 2.05) is 6.92 Å². The smallest absolute Gasteiger partial charge is 0.237 e. The van der Waals surface area contributed by atoms with E-state index in [2.05, 4.69) is 36.0 Å². The quantitative estimate of drug-likeness (QED) is 0.343. The second kappa shape index (κ2) is 10.3. The molecule has 3 N–H and O–H groups in total. The third-order valence-corrected chi connectivity index (χ3v) is 3.41. The molecule has 0 aromatic carbocycles. The minimum atomic E-state index is -0.0859. The maximum absolute atomic E-state index is 11.4. The Kier molecular flexibility index (Phi) is 9.92. The molecule has 0 spiro atoms. The first kappa shape index (κ1) is 17.4. The maximum atomic E-state index is 11.4. The van der Waals surface area contributed by atoms with Gasteiger partial charge in [-0.2, -0.15) is 0 Å². The molecule has 5 nitrogen and oxygen atoms in total. The van der Waals surface area contributed by atoms with Crippen LogP contribution in [0.3, 0.4) is 0 Å². The zero-order valence-electron chi connectivity index (χ0n) is 12.4. The zero-order chi connectivity index (χ0) is 14.0. The Bertz CT molecular complexity index is 219. The lowest BCUT2D eigenvalue weighted by atomic mass is 10.1. The third-order valence-electron chi connectivity index (χ3n) is 3.41. The number of carbonyl (C=O) groups excluding carboxylic acids is 1. The Morgan fingerprint density at radius 1 is 1.11 bits per heavy atom. The van der Waals surface area contributed by atoms with Crippen LogP contribution in [0.5, 0.6) is 0 Å². The monoisotopic (exact) mass is 258 g/mol. The van der Waals surface area contributed by atoms with Crippen LogP contribution < -0.4 is 11.3 Å². The predicted octanol–water partition coefficient (Wildman–Crippen LogP) is 0.666. The summed E-state index contributed by atoms with van der Waals surface area (Å²) in [5.74, 6) is 5.00. The number of rotatable bonds is 10. The van der Waals surface area contributed by atoms with Crippen molar-refractivity contribution < 1.29 is 4.79 Å². The molecule has 0 saturated carbocycles. The molecule has 0 aromatic heterocycles. The van der Waals surface area contributed by atoms with Gasteiger partial charge in [-0.3, -0.25) is 10.2 Å². The highest BCUT2D eigenvalue weighted by Gasteiger charge is 2.15. The number of nitrogens with zero attached hydrogens (tertiary/aromatic N) is 2. The number of amides is 1. The number of hydrogen-bond acceptors (Lipinski definition) is 4. The predicted molar refractivity (Wildman–Crippen MR) is 76.0 cm³/mol. The van der Waals surface area contributed by atoms with Crippen molar-refractivity contribution in [3.8, 4) is 0 Å². The maximum Gasteiger partial charge on any atom is 0.237 e. The van der Waals surface area contributed by atoms with Crippen molar-refractivity contribution in [2.45, 2.75) is 34.1 Å². The molecule has 0 heterocycles. The summed E-state index contributed by atoms with van der Waals surface area (Å²) in [6, 6.07) is 0. The molecule has 0 aromatic rings. The lowest BCUT2D eigenvalue weighted by Crippen LogP contribution is -2.41. The van der Waals surface area contributed by atoms with E-state index in [1.54, 1.807) is 0 Å². The van der Waals surface area contributed by atoms with E-state index in [1.165, 1.54) is 0 Å². The van der Waals surface area contributed by atoms with Crippen LogP contribution in [0.25, 0.3) is 0 Å². The minimum absolute atomic E-state index is 0.0524. The summed E-state index contributed by atoms with van der Waals surface area (Å²) < 4.78 is 0. The van der Waals surface area contributed by atoms with Gasteiger partial charge in [0.1, 0.15) is 0 Å². The number of carbonyl (C=O) groups is 1. The first-order valence-electron chi connectivity index (χ1n) is 7.04. The van der Waals surface area contributed by atoms with E-state index in [9.17, 15) is 4.79 Å². The van der Waals surface area contributed by atoms with Crippen LogP contribution in [0.1, 0.15) is 34.1 Å². The molecule has 1 atom stereocenters. The molecule has 0 aliphatic rings. The second-order valence-corrected chi connectivity index (χ2v) is 4.68. The van der Waals surface area contributed by atoms with Crippen LogP contribution in [-0.2, 0) is 4.79 Å². The third kappa shape index (κ3) is 6.93. The van der Waals surface area contributed by atoms with Gasteiger partial charge < -0.3 is 9.80 Å². The van der Waals surface area contributed by atoms with Gasteiger partial charge in [0, 0.05) is 12.5 Å². The molecular weight excluding hydrogens is 228 g/mol. The Hall–Kier alpha value is -0.650. The molecule has 0 aliphatic carbocycles. The van der Waals surface area contributed by atoms with Gasteiger partial charge in [0.15, 0.2) is 0 Å². The van der Waals surface area contributed by atoms with Crippen molar-refractivity contribution in [3.63, 3.8) is 0 Å². The van der Waals surface area contributed by atoms with Gasteiger partial charge >= 0.3 is 0 Å². The van der Waals surface area contributed by atoms with Gasteiger partial charge in [0.25, 0.3) is 0 Å². The largest absolute Gasteiger partial charge is 0.304 e. The second-order valence-electron chi connectivity index (χ2n) is 4.68. The highest BCUT2D eigenvalue weighted by atomic mass is 16.2. The van der Waals surface area contributed by atoms with Crippen molar-refractivity contribution in [2.24, 2.45) is 11.8 Å². The van der Waals surface area contributed by atoms with Gasteiger partial charge in [-0.25, -0.2) is 5.84 Å². The molecule has 18 heavy (non-hydrogen) atoms. The van der Waals surface area contributed by atoms with Crippen molar-refractivity contribution >= 4 is 5.91 Å². The molecule has 0 radical (unpaired) electrons. The summed E-state index contributed by atoms with van der Waals surface area (Å²) in [6.07, 6.45) is 1.15. The molecule has 108 valence electrons. The topological polar surface area (TPSA) is 61.6 Å². The molecule has 5 heteroatoms. The van der Waals surface area contributed by atoms with E-state index in [0.717, 1.165) is 45.7 Å². The Balaban J connectivity index is 3.93. The molecular formula is C13H30N4O. The Labute approximate surface area is 112 Å². The summed E-state index contributed by atoms with van der Waals surface area (Å²) in [6.45, 7) is 14.5. The van der Waals surface area contributed by atoms with Gasteiger partial charge in [-0.15, -0.1) is 0 Å². The van der Waals surface area contributed by atoms with Crippen molar-refractivity contribution in [2.75, 3.05) is 39.3 Å². The summed E-state index contributed by atoms with van der Waals surface area (Å²) >= 11 is 0. The van der Waals surface area contributed by atoms with Crippen LogP contribution in [0.2, 0.25) is 0 Å². The summed E-state index contributed by atoms with van der Waals surface area (Å²) in [4.78, 5) is 16.1. The summed E-state index contributed by atoms with van der Waals surface area (Å²) in [5, 5.41) is 0. The van der Waals surface area contributed by atoms with E-state index in [4.69, 9.17) is 5.84 Å². The molecule has 0 saturated heterocycles. The summed E-state index contributed by atoms with van der Waals surface area (Å²) in [7, 11) is 0. The van der Waals surface area contributed by atoms with Gasteiger partial charge in [-0.05, 0) is 39.1 Å². The first-order valence-corrected chi connectivity index (χ1v) is 7.04. The van der Waals surface area contributed by atoms with Gasteiger partial charge in [0.05, 0.1) is 0 Å². The average Bonchev–Trinajstić information content (AvgIpc) is 2.40. The van der Waals surface area contributed by atoms with Crippen molar-refractivity contribution in [1.29, 1.82) is 0 Å². The molecule has 0 bridgehead atoms. The van der Waals surface area contributed by atoms with Crippen LogP contribution in [0.15, 0.2) is 0 Å². The van der Waals surface area contributed by atoms with E-state index >= 15 is 0 Å². The minimum Gasteiger partial charge on any atom is -0.304 e. The number of nitrogens with one attached hydrogen (secondary N) is 1. The van der Waals surface area contributed by atoms with Crippen LogP contribution in [0, 0.1) is 5.92 Å². The number of nitrogens with two attached hydrogens (primary N) is 1. The van der Waals surface area contributed by atoms with E-state index in [0.29, 0.717) is 0 Å². The highest BCUT2D eigenvalue weighted by Crippen LogP contribution is 2.02. The van der Waals surface area contributed by atoms with Gasteiger partial charge in [0.2, 0.25) is 5.91 Å². The number of hydrogen-bond donors (Lipinski definition) is 2. The SMILES string of the molecule is CCN(CC)CCCN(CC)CC(C)C(=O)NN. The summed E-state index contributed by atoms with van der Waals surface area (Å²) in [5.41, 5.74) is 2.21. The molecule has 0 aliphatic heterocycles. The van der Waals surface area contributed by atoms with Crippen LogP contribution in [-0.4, -0.2) is 55.0 Å². The normalized spacial score (nSPS) is 13.1. The fourth-order valence-corrected chi connectivity index (χ4v) is 2.05. The average molecular weight is 258 g/mol. The van der Waals surface area contributed by atoms with Crippen molar-refractivity contribution in [1.82, 2.24) is 15.2 Å². The van der Waals surface area contributed by atoms with Gasteiger partial charge in [-0.1, -0.05) is 27.7 Å². The highest BCUT2D eigenvalue weighted by molar-refractivity contribution is 5.77. The fourth-order valence-electron chi connectivity index (χ4n) is 2.05. The molecule has 0 fully saturated rings. The lowest BCUT2D eigenvalue weighted by molar-refractivity contribution is -0.125. The number of hydrazine groups is 1. The van der Waals surface area contributed by atoms with E-state index in [-0.39, 0.29) is 11.8 Å². The van der Waals surface area contributed by atoms with Crippen LogP contribution >= 0.6 is 0 Å². The molecule has 1 amide bonds. The van der Waals surface area contributed by atoms with Crippen LogP contribution in [0.4, 0.5) is 0 Å². The standard InChI is InChI=1S/C13H30N4O/c1-5-16(6-2)9-8-10-17(7-3)11-12(4)13(18)15-14/h12H,5-11,14H2,1-4H3,(H,15,18). The first-order chi connectivity index (χ1) is 8.58. The molecule has 0 rings (SSSR count). The zero-order valence-corrected chi connectivity index (χ0v) is 12.4. The lowest BCUT2D eigenvalue weighted by Gasteiger charge is -2.25. The Morgan fingerprint density at radius 3 is 2.06 bits per heavy atom.